The lowest BCUT2D eigenvalue weighted by molar-refractivity contribution is -0.0709. The van der Waals surface area contributed by atoms with Crippen molar-refractivity contribution in [3.8, 4) is 0 Å². The van der Waals surface area contributed by atoms with E-state index in [2.05, 4.69) is 19.2 Å². The fourth-order valence-electron chi connectivity index (χ4n) is 1.93. The van der Waals surface area contributed by atoms with Gasteiger partial charge >= 0.3 is 0 Å². The zero-order chi connectivity index (χ0) is 9.73. The van der Waals surface area contributed by atoms with Crippen LogP contribution in [0.15, 0.2) is 0 Å². The highest BCUT2D eigenvalue weighted by Gasteiger charge is 2.36. The van der Waals surface area contributed by atoms with E-state index in [9.17, 15) is 0 Å². The van der Waals surface area contributed by atoms with Crippen LogP contribution in [0.2, 0.25) is 0 Å². The van der Waals surface area contributed by atoms with E-state index in [0.717, 1.165) is 6.54 Å². The molecule has 0 aromatic carbocycles. The summed E-state index contributed by atoms with van der Waals surface area (Å²) in [6.45, 7) is 5.51. The standard InChI is InChI=1S/C11H23NO/c1-4-10(5-2)12-9-11(13-3)7-6-8-11/h10,12H,4-9H2,1-3H3. The Hall–Kier alpha value is -0.0800. The molecule has 2 heteroatoms. The van der Waals surface area contributed by atoms with Crippen LogP contribution >= 0.6 is 0 Å². The van der Waals surface area contributed by atoms with Crippen molar-refractivity contribution < 1.29 is 4.74 Å². The molecule has 0 aromatic rings. The van der Waals surface area contributed by atoms with Crippen molar-refractivity contribution in [2.75, 3.05) is 13.7 Å². The fourth-order valence-corrected chi connectivity index (χ4v) is 1.93. The van der Waals surface area contributed by atoms with Gasteiger partial charge in [0, 0.05) is 19.7 Å². The first kappa shape index (κ1) is 11.0. The third-order valence-corrected chi connectivity index (χ3v) is 3.40. The lowest BCUT2D eigenvalue weighted by Gasteiger charge is -2.41. The van der Waals surface area contributed by atoms with Crippen LogP contribution < -0.4 is 5.32 Å². The van der Waals surface area contributed by atoms with Crippen molar-refractivity contribution in [3.63, 3.8) is 0 Å². The van der Waals surface area contributed by atoms with Crippen molar-refractivity contribution in [1.82, 2.24) is 5.32 Å². The summed E-state index contributed by atoms with van der Waals surface area (Å²) in [5, 5.41) is 3.59. The number of nitrogens with one attached hydrogen (secondary N) is 1. The number of ether oxygens (including phenoxy) is 1. The lowest BCUT2D eigenvalue weighted by Crippen LogP contribution is -2.50. The number of hydrogen-bond acceptors (Lipinski definition) is 2. The van der Waals surface area contributed by atoms with Crippen molar-refractivity contribution in [3.05, 3.63) is 0 Å². The molecule has 0 amide bonds. The van der Waals surface area contributed by atoms with Gasteiger partial charge in [0.15, 0.2) is 0 Å². The molecule has 0 aromatic heterocycles. The summed E-state index contributed by atoms with van der Waals surface area (Å²) in [6, 6.07) is 0.674. The van der Waals surface area contributed by atoms with E-state index in [1.54, 1.807) is 0 Å². The third kappa shape index (κ3) is 2.68. The van der Waals surface area contributed by atoms with E-state index in [1.165, 1.54) is 32.1 Å². The molecule has 0 bridgehead atoms. The molecule has 1 fully saturated rings. The summed E-state index contributed by atoms with van der Waals surface area (Å²) in [5.74, 6) is 0. The van der Waals surface area contributed by atoms with E-state index in [4.69, 9.17) is 4.74 Å². The zero-order valence-corrected chi connectivity index (χ0v) is 9.23. The van der Waals surface area contributed by atoms with Gasteiger partial charge in [-0.15, -0.1) is 0 Å². The highest BCUT2D eigenvalue weighted by molar-refractivity contribution is 4.92. The Morgan fingerprint density at radius 1 is 1.31 bits per heavy atom. The largest absolute Gasteiger partial charge is 0.377 e. The van der Waals surface area contributed by atoms with Crippen LogP contribution in [0.25, 0.3) is 0 Å². The maximum Gasteiger partial charge on any atom is 0.0802 e. The van der Waals surface area contributed by atoms with Gasteiger partial charge in [0.2, 0.25) is 0 Å². The summed E-state index contributed by atoms with van der Waals surface area (Å²) >= 11 is 0. The maximum atomic E-state index is 5.55. The number of methoxy groups -OCH3 is 1. The molecule has 0 atom stereocenters. The van der Waals surface area contributed by atoms with Crippen LogP contribution in [0.3, 0.4) is 0 Å². The SMILES string of the molecule is CCC(CC)NCC1(OC)CCC1. The average molecular weight is 185 g/mol. The maximum absolute atomic E-state index is 5.55. The molecule has 1 rings (SSSR count). The predicted octanol–water partition coefficient (Wildman–Crippen LogP) is 2.33. The second-order valence-corrected chi connectivity index (χ2v) is 4.14. The molecule has 0 spiro atoms. The molecule has 0 radical (unpaired) electrons. The molecule has 0 aliphatic heterocycles. The minimum atomic E-state index is 0.183. The highest BCUT2D eigenvalue weighted by Crippen LogP contribution is 2.34. The summed E-state index contributed by atoms with van der Waals surface area (Å²) in [6.07, 6.45) is 6.23. The van der Waals surface area contributed by atoms with E-state index in [1.807, 2.05) is 7.11 Å². The first-order chi connectivity index (χ1) is 6.26. The molecule has 1 N–H and O–H groups in total. The Kier molecular flexibility index (Phi) is 4.20. The topological polar surface area (TPSA) is 21.3 Å². The van der Waals surface area contributed by atoms with Gasteiger partial charge < -0.3 is 10.1 Å². The lowest BCUT2D eigenvalue weighted by atomic mass is 9.80. The molecular formula is C11H23NO. The molecule has 2 nitrogen and oxygen atoms in total. The monoisotopic (exact) mass is 185 g/mol. The van der Waals surface area contributed by atoms with Gasteiger partial charge in [-0.05, 0) is 32.1 Å². The molecule has 1 aliphatic rings. The Morgan fingerprint density at radius 2 is 1.92 bits per heavy atom. The van der Waals surface area contributed by atoms with Gasteiger partial charge in [0.05, 0.1) is 5.60 Å². The fraction of sp³-hybridized carbons (Fsp3) is 1.00. The molecule has 13 heavy (non-hydrogen) atoms. The Balaban J connectivity index is 2.23. The van der Waals surface area contributed by atoms with Gasteiger partial charge in [0.1, 0.15) is 0 Å². The van der Waals surface area contributed by atoms with Crippen molar-refractivity contribution in [2.45, 2.75) is 57.6 Å². The minimum Gasteiger partial charge on any atom is -0.377 e. The zero-order valence-electron chi connectivity index (χ0n) is 9.23. The van der Waals surface area contributed by atoms with E-state index >= 15 is 0 Å². The Morgan fingerprint density at radius 3 is 2.23 bits per heavy atom. The quantitative estimate of drug-likeness (QED) is 0.686. The van der Waals surface area contributed by atoms with Gasteiger partial charge in [-0.3, -0.25) is 0 Å². The molecule has 0 heterocycles. The second kappa shape index (κ2) is 4.97. The summed E-state index contributed by atoms with van der Waals surface area (Å²) in [7, 11) is 1.84. The predicted molar refractivity (Wildman–Crippen MR) is 56.0 cm³/mol. The molecular weight excluding hydrogens is 162 g/mol. The van der Waals surface area contributed by atoms with Crippen LogP contribution in [0, 0.1) is 0 Å². The van der Waals surface area contributed by atoms with E-state index < -0.39 is 0 Å². The van der Waals surface area contributed by atoms with Crippen LogP contribution in [-0.4, -0.2) is 25.3 Å². The summed E-state index contributed by atoms with van der Waals surface area (Å²) in [5.41, 5.74) is 0.183. The third-order valence-electron chi connectivity index (χ3n) is 3.40. The Labute approximate surface area is 82.0 Å². The Bertz CT molecular complexity index is 134. The molecule has 0 saturated heterocycles. The molecule has 78 valence electrons. The van der Waals surface area contributed by atoms with Gasteiger partial charge in [0.25, 0.3) is 0 Å². The van der Waals surface area contributed by atoms with Crippen LogP contribution in [0.4, 0.5) is 0 Å². The van der Waals surface area contributed by atoms with Crippen LogP contribution in [0.5, 0.6) is 0 Å². The molecule has 1 aliphatic carbocycles. The smallest absolute Gasteiger partial charge is 0.0802 e. The van der Waals surface area contributed by atoms with Crippen LogP contribution in [-0.2, 0) is 4.74 Å². The van der Waals surface area contributed by atoms with E-state index in [-0.39, 0.29) is 5.60 Å². The molecule has 0 unspecified atom stereocenters. The van der Waals surface area contributed by atoms with Crippen LogP contribution in [0.1, 0.15) is 46.0 Å². The first-order valence-corrected chi connectivity index (χ1v) is 5.55. The van der Waals surface area contributed by atoms with Gasteiger partial charge in [-0.2, -0.15) is 0 Å². The normalized spacial score (nSPS) is 20.3. The minimum absolute atomic E-state index is 0.183. The van der Waals surface area contributed by atoms with E-state index in [0.29, 0.717) is 6.04 Å². The molecule has 1 saturated carbocycles. The summed E-state index contributed by atoms with van der Waals surface area (Å²) in [4.78, 5) is 0. The first-order valence-electron chi connectivity index (χ1n) is 5.55. The number of rotatable bonds is 6. The van der Waals surface area contributed by atoms with Gasteiger partial charge in [-0.25, -0.2) is 0 Å². The van der Waals surface area contributed by atoms with Crippen molar-refractivity contribution >= 4 is 0 Å². The van der Waals surface area contributed by atoms with Crippen molar-refractivity contribution in [2.24, 2.45) is 0 Å². The summed E-state index contributed by atoms with van der Waals surface area (Å²) < 4.78 is 5.55. The van der Waals surface area contributed by atoms with Crippen molar-refractivity contribution in [1.29, 1.82) is 0 Å². The average Bonchev–Trinajstić information content (AvgIpc) is 2.10. The number of hydrogen-bond donors (Lipinski definition) is 1. The second-order valence-electron chi connectivity index (χ2n) is 4.14. The van der Waals surface area contributed by atoms with Gasteiger partial charge in [-0.1, -0.05) is 13.8 Å². The highest BCUT2D eigenvalue weighted by atomic mass is 16.5.